The molecular formula is C42H31ClF3NO6. The van der Waals surface area contributed by atoms with Crippen LogP contribution in [-0.2, 0) is 24.6 Å². The topological polar surface area (TPSA) is 101 Å². The molecule has 2 amide bonds. The van der Waals surface area contributed by atoms with Crippen LogP contribution in [0.4, 0.5) is 18.9 Å². The number of phenols is 1. The van der Waals surface area contributed by atoms with E-state index in [4.69, 9.17) is 11.6 Å². The SMILES string of the molecule is Cc1ccc(N2C(=O)C3CC=C4C(CC5C(=O)C(c6ccccc6)=CC(=O)C5(c5ccccc5)C4c4cc(OC(F)(F)F)ccc4O)C3C2=O)cc1Cl. The van der Waals surface area contributed by atoms with Crippen molar-refractivity contribution in [3.8, 4) is 11.5 Å². The van der Waals surface area contributed by atoms with Crippen molar-refractivity contribution >= 4 is 46.2 Å². The molecule has 4 aromatic rings. The summed E-state index contributed by atoms with van der Waals surface area (Å²) in [6.45, 7) is 1.79. The van der Waals surface area contributed by atoms with E-state index in [2.05, 4.69) is 4.74 Å². The molecule has 53 heavy (non-hydrogen) atoms. The third-order valence-electron chi connectivity index (χ3n) is 11.3. The molecule has 1 N–H and O–H groups in total. The fraction of sp³-hybridized carbons (Fsp3) is 0.238. The molecule has 0 aromatic heterocycles. The van der Waals surface area contributed by atoms with Crippen molar-refractivity contribution in [1.29, 1.82) is 0 Å². The van der Waals surface area contributed by atoms with E-state index in [0.717, 1.165) is 28.7 Å². The van der Waals surface area contributed by atoms with Crippen LogP contribution in [0.2, 0.25) is 5.02 Å². The first-order valence-electron chi connectivity index (χ1n) is 17.1. The Morgan fingerprint density at radius 3 is 2.25 bits per heavy atom. The Morgan fingerprint density at radius 1 is 0.868 bits per heavy atom. The van der Waals surface area contributed by atoms with E-state index < -0.39 is 76.2 Å². The fourth-order valence-corrected chi connectivity index (χ4v) is 9.33. The first-order chi connectivity index (χ1) is 25.3. The molecule has 1 saturated heterocycles. The Kier molecular flexibility index (Phi) is 8.21. The second-order valence-corrected chi connectivity index (χ2v) is 14.4. The number of ketones is 2. The van der Waals surface area contributed by atoms with Crippen molar-refractivity contribution in [1.82, 2.24) is 0 Å². The van der Waals surface area contributed by atoms with E-state index in [1.807, 2.05) is 0 Å². The van der Waals surface area contributed by atoms with Gasteiger partial charge in [0.1, 0.15) is 11.5 Å². The molecule has 0 spiro atoms. The number of carbonyl (C=O) groups is 4. The molecule has 1 aliphatic heterocycles. The number of rotatable bonds is 5. The maximum Gasteiger partial charge on any atom is 0.573 e. The summed E-state index contributed by atoms with van der Waals surface area (Å²) in [5.74, 6) is -7.85. The van der Waals surface area contributed by atoms with Crippen LogP contribution in [0.5, 0.6) is 11.5 Å². The summed E-state index contributed by atoms with van der Waals surface area (Å²) in [7, 11) is 0. The summed E-state index contributed by atoms with van der Waals surface area (Å²) in [4.78, 5) is 59.9. The first-order valence-corrected chi connectivity index (χ1v) is 17.5. The van der Waals surface area contributed by atoms with Gasteiger partial charge in [-0.3, -0.25) is 19.2 Å². The quantitative estimate of drug-likeness (QED) is 0.164. The minimum atomic E-state index is -5.07. The number of carbonyl (C=O) groups excluding carboxylic acids is 4. The molecule has 4 aliphatic rings. The molecule has 1 saturated carbocycles. The van der Waals surface area contributed by atoms with E-state index in [9.17, 15) is 27.9 Å². The number of aryl methyl sites for hydroxylation is 1. The lowest BCUT2D eigenvalue weighted by atomic mass is 9.44. The third-order valence-corrected chi connectivity index (χ3v) is 11.7. The lowest BCUT2D eigenvalue weighted by molar-refractivity contribution is -0.274. The number of imide groups is 1. The number of allylic oxidation sites excluding steroid dienone is 4. The minimum absolute atomic E-state index is 0.0197. The molecule has 6 unspecified atom stereocenters. The molecule has 0 radical (unpaired) electrons. The molecule has 11 heteroatoms. The lowest BCUT2D eigenvalue weighted by Gasteiger charge is -2.55. The maximum absolute atomic E-state index is 15.1. The van der Waals surface area contributed by atoms with Crippen molar-refractivity contribution in [3.05, 3.63) is 142 Å². The van der Waals surface area contributed by atoms with Gasteiger partial charge in [-0.25, -0.2) is 4.90 Å². The molecule has 4 aromatic carbocycles. The van der Waals surface area contributed by atoms with Gasteiger partial charge < -0.3 is 9.84 Å². The third kappa shape index (κ3) is 5.41. The average molecular weight is 738 g/mol. The van der Waals surface area contributed by atoms with Gasteiger partial charge in [0.2, 0.25) is 11.8 Å². The minimum Gasteiger partial charge on any atom is -0.508 e. The zero-order valence-corrected chi connectivity index (χ0v) is 28.9. The van der Waals surface area contributed by atoms with Gasteiger partial charge >= 0.3 is 6.36 Å². The molecule has 3 aliphatic carbocycles. The standard InChI is InChI=1S/C42H31ClF3NO6/c1-22-12-13-25(18-33(22)43)47-39(51)28-16-15-27-30(36(28)40(47)52)20-32-38(50)29(23-8-4-2-5-9-23)21-35(49)41(32,24-10-6-3-7-11-24)37(27)31-19-26(14-17-34(31)48)53-42(44,45)46/h2-15,17-19,21,28,30,32,36-37,48H,16,20H2,1H3. The Balaban J connectivity index is 1.37. The Bertz CT molecular complexity index is 2270. The molecular weight excluding hydrogens is 707 g/mol. The van der Waals surface area contributed by atoms with Crippen LogP contribution in [0.15, 0.2) is 115 Å². The van der Waals surface area contributed by atoms with Crippen LogP contribution in [0.3, 0.4) is 0 Å². The lowest BCUT2D eigenvalue weighted by Crippen LogP contribution is -2.58. The number of alkyl halides is 3. The summed E-state index contributed by atoms with van der Waals surface area (Å²) in [6, 6.07) is 25.2. The maximum atomic E-state index is 15.1. The number of aromatic hydroxyl groups is 1. The number of fused-ring (bicyclic) bond motifs is 4. The number of hydrogen-bond acceptors (Lipinski definition) is 6. The predicted molar refractivity (Wildman–Crippen MR) is 190 cm³/mol. The highest BCUT2D eigenvalue weighted by Crippen LogP contribution is 2.64. The average Bonchev–Trinajstić information content (AvgIpc) is 3.40. The Hall–Kier alpha value is -5.48. The van der Waals surface area contributed by atoms with Crippen molar-refractivity contribution < 1.29 is 42.2 Å². The summed E-state index contributed by atoms with van der Waals surface area (Å²) in [5.41, 5.74) is 0.784. The normalized spacial score (nSPS) is 26.7. The number of Topliss-reactive ketones (excluding diaryl/α,β-unsaturated/α-hetero) is 1. The first kappa shape index (κ1) is 34.6. The van der Waals surface area contributed by atoms with Crippen LogP contribution >= 0.6 is 11.6 Å². The predicted octanol–water partition coefficient (Wildman–Crippen LogP) is 8.28. The summed E-state index contributed by atoms with van der Waals surface area (Å²) >= 11 is 6.41. The zero-order valence-electron chi connectivity index (χ0n) is 28.1. The van der Waals surface area contributed by atoms with E-state index in [-0.39, 0.29) is 24.0 Å². The van der Waals surface area contributed by atoms with Crippen LogP contribution in [0.25, 0.3) is 5.57 Å². The van der Waals surface area contributed by atoms with Crippen molar-refractivity contribution in [2.24, 2.45) is 23.7 Å². The fourth-order valence-electron chi connectivity index (χ4n) is 9.16. The van der Waals surface area contributed by atoms with Gasteiger partial charge in [-0.05, 0) is 78.8 Å². The van der Waals surface area contributed by atoms with Crippen LogP contribution in [0.1, 0.15) is 41.0 Å². The number of amides is 2. The largest absolute Gasteiger partial charge is 0.573 e. The monoisotopic (exact) mass is 737 g/mol. The zero-order chi connectivity index (χ0) is 37.4. The van der Waals surface area contributed by atoms with Crippen LogP contribution < -0.4 is 9.64 Å². The molecule has 1 heterocycles. The molecule has 0 bridgehead atoms. The molecule has 7 nitrogen and oxygen atoms in total. The van der Waals surface area contributed by atoms with E-state index in [1.54, 1.807) is 91.9 Å². The van der Waals surface area contributed by atoms with Gasteiger partial charge in [0.25, 0.3) is 0 Å². The summed E-state index contributed by atoms with van der Waals surface area (Å²) in [6.07, 6.45) is -1.95. The second-order valence-electron chi connectivity index (χ2n) is 14.0. The highest BCUT2D eigenvalue weighted by atomic mass is 35.5. The van der Waals surface area contributed by atoms with Gasteiger partial charge in [0.15, 0.2) is 11.6 Å². The van der Waals surface area contributed by atoms with E-state index in [0.29, 0.717) is 27.4 Å². The van der Waals surface area contributed by atoms with Gasteiger partial charge in [-0.2, -0.15) is 0 Å². The van der Waals surface area contributed by atoms with Crippen molar-refractivity contribution in [2.75, 3.05) is 4.90 Å². The second kappa shape index (κ2) is 12.6. The molecule has 268 valence electrons. The van der Waals surface area contributed by atoms with Gasteiger partial charge in [0.05, 0.1) is 22.9 Å². The van der Waals surface area contributed by atoms with Crippen LogP contribution in [-0.4, -0.2) is 34.8 Å². The number of nitrogens with zero attached hydrogens (tertiary/aromatic N) is 1. The molecule has 8 rings (SSSR count). The summed E-state index contributed by atoms with van der Waals surface area (Å²) in [5, 5.41) is 11.9. The number of anilines is 1. The van der Waals surface area contributed by atoms with Gasteiger partial charge in [-0.1, -0.05) is 90.0 Å². The number of halogens is 4. The van der Waals surface area contributed by atoms with Crippen LogP contribution in [0, 0.1) is 30.6 Å². The summed E-state index contributed by atoms with van der Waals surface area (Å²) < 4.78 is 45.0. The highest BCUT2D eigenvalue weighted by Gasteiger charge is 2.66. The van der Waals surface area contributed by atoms with E-state index in [1.165, 1.54) is 6.08 Å². The number of hydrogen-bond donors (Lipinski definition) is 1. The molecule has 6 atom stereocenters. The van der Waals surface area contributed by atoms with Crippen molar-refractivity contribution in [3.63, 3.8) is 0 Å². The Morgan fingerprint density at radius 2 is 1.57 bits per heavy atom. The number of ether oxygens (including phenoxy) is 1. The number of benzene rings is 4. The highest BCUT2D eigenvalue weighted by molar-refractivity contribution is 6.33. The smallest absolute Gasteiger partial charge is 0.508 e. The Labute approximate surface area is 307 Å². The van der Waals surface area contributed by atoms with Gasteiger partial charge in [-0.15, -0.1) is 13.2 Å². The number of phenolic OH excluding ortho intramolecular Hbond substituents is 1. The molecule has 2 fully saturated rings. The van der Waals surface area contributed by atoms with Gasteiger partial charge in [0, 0.05) is 28.0 Å². The van der Waals surface area contributed by atoms with E-state index >= 15 is 9.59 Å². The van der Waals surface area contributed by atoms with Crippen molar-refractivity contribution in [2.45, 2.75) is 37.5 Å².